The highest BCUT2D eigenvalue weighted by atomic mass is 16.5. The van der Waals surface area contributed by atoms with Crippen molar-refractivity contribution in [1.82, 2.24) is 0 Å². The van der Waals surface area contributed by atoms with E-state index in [1.165, 1.54) is 18.2 Å². The zero-order valence-corrected chi connectivity index (χ0v) is 13.7. The lowest BCUT2D eigenvalue weighted by Gasteiger charge is -2.19. The molecule has 0 aromatic heterocycles. The average Bonchev–Trinajstić information content (AvgIpc) is 2.65. The monoisotopic (exact) mass is 358 g/mol. The van der Waals surface area contributed by atoms with Crippen molar-refractivity contribution in [2.24, 2.45) is 23.2 Å². The molecule has 0 radical (unpaired) electrons. The van der Waals surface area contributed by atoms with E-state index in [-0.39, 0.29) is 23.5 Å². The van der Waals surface area contributed by atoms with Gasteiger partial charge in [-0.3, -0.25) is 0 Å². The molecule has 0 aliphatic carbocycles. The van der Waals surface area contributed by atoms with Crippen LogP contribution in [0.5, 0.6) is 0 Å². The summed E-state index contributed by atoms with van der Waals surface area (Å²) in [7, 11) is 0. The fourth-order valence-electron chi connectivity index (χ4n) is 2.05. The molecule has 0 aliphatic rings. The first kappa shape index (κ1) is 18.7. The van der Waals surface area contributed by atoms with Crippen molar-refractivity contribution in [3.63, 3.8) is 0 Å². The number of ether oxygens (including phenoxy) is 1. The van der Waals surface area contributed by atoms with E-state index in [1.54, 1.807) is 24.3 Å². The number of anilines is 2. The minimum Gasteiger partial charge on any atom is -0.457 e. The molecular formula is C16H18N6O4. The Morgan fingerprint density at radius 2 is 1.35 bits per heavy atom. The molecule has 0 aliphatic heterocycles. The lowest BCUT2D eigenvalue weighted by molar-refractivity contribution is 0.0472. The molecule has 8 N–H and O–H groups in total. The number of hydrogen-bond acceptors (Lipinski definition) is 6. The van der Waals surface area contributed by atoms with E-state index in [4.69, 9.17) is 27.9 Å². The molecule has 10 nitrogen and oxygen atoms in total. The normalized spacial score (nSPS) is 10.1. The number of esters is 1. The molecule has 0 atom stereocenters. The number of hydrogen-bond donors (Lipinski definition) is 4. The number of nitrogens with zero attached hydrogens (tertiary/aromatic N) is 2. The third-order valence-electron chi connectivity index (χ3n) is 3.38. The molecule has 0 bridgehead atoms. The Bertz CT molecular complexity index is 788. The van der Waals surface area contributed by atoms with Gasteiger partial charge in [-0.25, -0.2) is 36.1 Å². The van der Waals surface area contributed by atoms with Gasteiger partial charge in [0.15, 0.2) is 0 Å². The first-order valence-corrected chi connectivity index (χ1v) is 7.34. The summed E-state index contributed by atoms with van der Waals surface area (Å²) < 4.78 is 5.21. The molecule has 26 heavy (non-hydrogen) atoms. The number of rotatable bonds is 5. The Balaban J connectivity index is 2.31. The van der Waals surface area contributed by atoms with Crippen molar-refractivity contribution in [1.29, 1.82) is 0 Å². The second kappa shape index (κ2) is 7.96. The molecule has 4 amide bonds. The molecule has 0 unspecified atom stereocenters. The van der Waals surface area contributed by atoms with E-state index in [0.29, 0.717) is 10.0 Å². The fourth-order valence-corrected chi connectivity index (χ4v) is 2.05. The van der Waals surface area contributed by atoms with E-state index in [9.17, 15) is 14.4 Å². The number of hydrazine groups is 2. The molecule has 10 heteroatoms. The van der Waals surface area contributed by atoms with Crippen molar-refractivity contribution in [2.75, 3.05) is 10.0 Å². The SMILES string of the molecule is NC(=O)N(N)c1cc(C(=O)OCc2ccccc2)cc(N(N)C(N)=O)c1. The summed E-state index contributed by atoms with van der Waals surface area (Å²) in [6.45, 7) is 0.0313. The number of carbonyl (C=O) groups is 3. The van der Waals surface area contributed by atoms with Gasteiger partial charge in [-0.05, 0) is 23.8 Å². The first-order chi connectivity index (χ1) is 12.3. The number of benzene rings is 2. The summed E-state index contributed by atoms with van der Waals surface area (Å²) in [6, 6.07) is 10.9. The summed E-state index contributed by atoms with van der Waals surface area (Å²) in [5.74, 6) is 10.4. The zero-order valence-electron chi connectivity index (χ0n) is 13.7. The molecule has 0 saturated carbocycles. The maximum atomic E-state index is 12.3. The van der Waals surface area contributed by atoms with Crippen LogP contribution < -0.4 is 33.2 Å². The molecular weight excluding hydrogens is 340 g/mol. The van der Waals surface area contributed by atoms with Gasteiger partial charge in [0.25, 0.3) is 0 Å². The van der Waals surface area contributed by atoms with Crippen LogP contribution in [0.15, 0.2) is 48.5 Å². The van der Waals surface area contributed by atoms with Crippen LogP contribution in [0.4, 0.5) is 21.0 Å². The van der Waals surface area contributed by atoms with Crippen LogP contribution in [0.25, 0.3) is 0 Å². The van der Waals surface area contributed by atoms with Gasteiger partial charge in [0, 0.05) is 0 Å². The first-order valence-electron chi connectivity index (χ1n) is 7.34. The van der Waals surface area contributed by atoms with E-state index in [2.05, 4.69) is 0 Å². The summed E-state index contributed by atoms with van der Waals surface area (Å²) in [5, 5.41) is 1.18. The molecule has 0 fully saturated rings. The number of nitrogens with two attached hydrogens (primary N) is 4. The molecule has 0 spiro atoms. The highest BCUT2D eigenvalue weighted by Crippen LogP contribution is 2.24. The minimum atomic E-state index is -0.978. The number of carbonyl (C=O) groups excluding carboxylic acids is 3. The van der Waals surface area contributed by atoms with Crippen LogP contribution in [0, 0.1) is 0 Å². The topological polar surface area (TPSA) is 171 Å². The van der Waals surface area contributed by atoms with Gasteiger partial charge in [0.05, 0.1) is 16.9 Å². The Kier molecular flexibility index (Phi) is 5.73. The van der Waals surface area contributed by atoms with E-state index < -0.39 is 18.0 Å². The third-order valence-corrected chi connectivity index (χ3v) is 3.38. The number of amides is 4. The molecule has 2 rings (SSSR count). The lowest BCUT2D eigenvalue weighted by atomic mass is 10.1. The van der Waals surface area contributed by atoms with Crippen LogP contribution in [-0.2, 0) is 11.3 Å². The van der Waals surface area contributed by atoms with Gasteiger partial charge in [0.2, 0.25) is 0 Å². The van der Waals surface area contributed by atoms with Crippen LogP contribution >= 0.6 is 0 Å². The Hall–Kier alpha value is -3.63. The fraction of sp³-hybridized carbons (Fsp3) is 0.0625. The largest absolute Gasteiger partial charge is 0.457 e. The average molecular weight is 358 g/mol. The number of primary amides is 2. The maximum Gasteiger partial charge on any atom is 0.338 e. The summed E-state index contributed by atoms with van der Waals surface area (Å²) in [4.78, 5) is 34.9. The van der Waals surface area contributed by atoms with Crippen molar-refractivity contribution in [2.45, 2.75) is 6.61 Å². The van der Waals surface area contributed by atoms with E-state index in [1.807, 2.05) is 6.07 Å². The molecule has 0 saturated heterocycles. The van der Waals surface area contributed by atoms with Crippen molar-refractivity contribution in [3.05, 3.63) is 59.7 Å². The molecule has 2 aromatic rings. The van der Waals surface area contributed by atoms with Crippen molar-refractivity contribution >= 4 is 29.4 Å². The Morgan fingerprint density at radius 3 is 1.81 bits per heavy atom. The van der Waals surface area contributed by atoms with Gasteiger partial charge in [-0.15, -0.1) is 0 Å². The van der Waals surface area contributed by atoms with Crippen LogP contribution in [-0.4, -0.2) is 18.0 Å². The van der Waals surface area contributed by atoms with Gasteiger partial charge in [0.1, 0.15) is 6.61 Å². The second-order valence-corrected chi connectivity index (χ2v) is 5.22. The molecule has 136 valence electrons. The van der Waals surface area contributed by atoms with Gasteiger partial charge in [-0.2, -0.15) is 0 Å². The maximum absolute atomic E-state index is 12.3. The molecule has 2 aromatic carbocycles. The lowest BCUT2D eigenvalue weighted by Crippen LogP contribution is -2.43. The van der Waals surface area contributed by atoms with Crippen LogP contribution in [0.3, 0.4) is 0 Å². The second-order valence-electron chi connectivity index (χ2n) is 5.22. The Morgan fingerprint density at radius 1 is 0.846 bits per heavy atom. The highest BCUT2D eigenvalue weighted by molar-refractivity contribution is 5.98. The molecule has 0 heterocycles. The van der Waals surface area contributed by atoms with Crippen LogP contribution in [0.1, 0.15) is 15.9 Å². The summed E-state index contributed by atoms with van der Waals surface area (Å²) in [6.07, 6.45) is 0. The highest BCUT2D eigenvalue weighted by Gasteiger charge is 2.18. The van der Waals surface area contributed by atoms with Crippen LogP contribution in [0.2, 0.25) is 0 Å². The van der Waals surface area contributed by atoms with Gasteiger partial charge in [-0.1, -0.05) is 30.3 Å². The summed E-state index contributed by atoms with van der Waals surface area (Å²) in [5.41, 5.74) is 11.1. The quantitative estimate of drug-likeness (QED) is 0.263. The third kappa shape index (κ3) is 4.47. The van der Waals surface area contributed by atoms with Crippen molar-refractivity contribution in [3.8, 4) is 0 Å². The van der Waals surface area contributed by atoms with Crippen molar-refractivity contribution < 1.29 is 19.1 Å². The standard InChI is InChI=1S/C16H18N6O4/c17-15(24)21(19)12-6-11(7-13(8-12)22(20)16(18)25)14(23)26-9-10-4-2-1-3-5-10/h1-8H,9,19-20H2,(H2,17,24)(H2,18,25). The summed E-state index contributed by atoms with van der Waals surface area (Å²) >= 11 is 0. The zero-order chi connectivity index (χ0) is 19.3. The predicted octanol–water partition coefficient (Wildman–Crippen LogP) is 0.561. The van der Waals surface area contributed by atoms with Gasteiger partial charge < -0.3 is 16.2 Å². The minimum absolute atomic E-state index is 0.00170. The van der Waals surface area contributed by atoms with E-state index >= 15 is 0 Å². The number of urea groups is 2. The smallest absolute Gasteiger partial charge is 0.338 e. The Labute approximate surface area is 148 Å². The van der Waals surface area contributed by atoms with E-state index in [0.717, 1.165) is 5.56 Å². The predicted molar refractivity (Wildman–Crippen MR) is 94.5 cm³/mol. The van der Waals surface area contributed by atoms with Gasteiger partial charge >= 0.3 is 18.0 Å².